The van der Waals surface area contributed by atoms with Crippen LogP contribution in [0, 0.1) is 5.41 Å². The summed E-state index contributed by atoms with van der Waals surface area (Å²) in [4.78, 5) is 4.02. The lowest BCUT2D eigenvalue weighted by atomic mass is 9.69. The largest absolute Gasteiger partial charge is 0.396 e. The van der Waals surface area contributed by atoms with Gasteiger partial charge in [-0.15, -0.1) is 0 Å². The number of sulfonamides is 1. The molecule has 0 atom stereocenters. The molecule has 1 aliphatic rings. The number of aromatic nitrogens is 1. The Balaban J connectivity index is 2.16. The van der Waals surface area contributed by atoms with E-state index in [9.17, 15) is 13.5 Å². The molecule has 2 rings (SSSR count). The zero-order valence-corrected chi connectivity index (χ0v) is 11.2. The first-order chi connectivity index (χ1) is 8.50. The second kappa shape index (κ2) is 4.95. The lowest BCUT2D eigenvalue weighted by molar-refractivity contribution is 0.0311. The van der Waals surface area contributed by atoms with Crippen LogP contribution in [-0.4, -0.2) is 43.0 Å². The number of hydrogen-bond donors (Lipinski definition) is 1. The Morgan fingerprint density at radius 3 is 2.67 bits per heavy atom. The predicted molar refractivity (Wildman–Crippen MR) is 67.4 cm³/mol. The van der Waals surface area contributed by atoms with Gasteiger partial charge >= 0.3 is 0 Å². The number of nitrogens with zero attached hydrogens (tertiary/aromatic N) is 2. The molecule has 1 N–H and O–H groups in total. The van der Waals surface area contributed by atoms with Crippen molar-refractivity contribution >= 4 is 10.0 Å². The Bertz CT molecular complexity index is 492. The van der Waals surface area contributed by atoms with E-state index in [-0.39, 0.29) is 16.9 Å². The summed E-state index contributed by atoms with van der Waals surface area (Å²) in [5.41, 5.74) is -0.246. The normalized spacial score (nSPS) is 18.6. The molecule has 100 valence electrons. The Morgan fingerprint density at radius 1 is 1.50 bits per heavy atom. The number of pyridine rings is 1. The molecule has 1 heterocycles. The van der Waals surface area contributed by atoms with E-state index in [0.717, 1.165) is 19.3 Å². The van der Waals surface area contributed by atoms with Crippen LogP contribution in [0.5, 0.6) is 0 Å². The fourth-order valence-electron chi connectivity index (χ4n) is 2.28. The molecule has 6 heteroatoms. The molecule has 0 unspecified atom stereocenters. The van der Waals surface area contributed by atoms with Crippen LogP contribution in [0.2, 0.25) is 0 Å². The van der Waals surface area contributed by atoms with Gasteiger partial charge in [-0.2, -0.15) is 0 Å². The van der Waals surface area contributed by atoms with E-state index < -0.39 is 10.0 Å². The molecule has 0 spiro atoms. The van der Waals surface area contributed by atoms with Crippen LogP contribution in [0.15, 0.2) is 29.4 Å². The maximum atomic E-state index is 12.3. The molecule has 0 bridgehead atoms. The average Bonchev–Trinajstić information content (AvgIpc) is 2.34. The van der Waals surface area contributed by atoms with Gasteiger partial charge in [0, 0.05) is 38.0 Å². The Morgan fingerprint density at radius 2 is 2.22 bits per heavy atom. The first-order valence-corrected chi connectivity index (χ1v) is 7.41. The molecule has 18 heavy (non-hydrogen) atoms. The van der Waals surface area contributed by atoms with Gasteiger partial charge in [-0.05, 0) is 25.0 Å². The molecule has 0 aliphatic heterocycles. The van der Waals surface area contributed by atoms with Crippen LogP contribution in [0.3, 0.4) is 0 Å². The zero-order valence-electron chi connectivity index (χ0n) is 10.4. The highest BCUT2D eigenvalue weighted by Gasteiger charge is 2.39. The second-order valence-electron chi connectivity index (χ2n) is 4.96. The lowest BCUT2D eigenvalue weighted by Crippen LogP contribution is -2.45. The second-order valence-corrected chi connectivity index (χ2v) is 7.01. The van der Waals surface area contributed by atoms with Crippen LogP contribution in [0.25, 0.3) is 0 Å². The maximum Gasteiger partial charge on any atom is 0.244 e. The third-order valence-corrected chi connectivity index (χ3v) is 5.44. The topological polar surface area (TPSA) is 70.5 Å². The summed E-state index contributed by atoms with van der Waals surface area (Å²) in [5.74, 6) is 0. The molecular weight excluding hydrogens is 252 g/mol. The van der Waals surface area contributed by atoms with Gasteiger partial charge in [0.25, 0.3) is 0 Å². The molecule has 0 aromatic carbocycles. The van der Waals surface area contributed by atoms with Gasteiger partial charge in [0.15, 0.2) is 0 Å². The highest BCUT2D eigenvalue weighted by Crippen LogP contribution is 2.41. The van der Waals surface area contributed by atoms with Crippen LogP contribution >= 0.6 is 0 Å². The van der Waals surface area contributed by atoms with Crippen molar-refractivity contribution in [1.29, 1.82) is 0 Å². The number of hydrogen-bond acceptors (Lipinski definition) is 4. The van der Waals surface area contributed by atoms with E-state index in [4.69, 9.17) is 0 Å². The highest BCUT2D eigenvalue weighted by atomic mass is 32.2. The molecule has 0 amide bonds. The van der Waals surface area contributed by atoms with Gasteiger partial charge in [-0.25, -0.2) is 12.7 Å². The fourth-order valence-corrected chi connectivity index (χ4v) is 3.53. The molecule has 0 saturated heterocycles. The van der Waals surface area contributed by atoms with Crippen molar-refractivity contribution in [1.82, 2.24) is 9.29 Å². The van der Waals surface area contributed by atoms with E-state index in [0.29, 0.717) is 6.54 Å². The highest BCUT2D eigenvalue weighted by molar-refractivity contribution is 7.89. The number of aliphatic hydroxyl groups excluding tert-OH is 1. The van der Waals surface area contributed by atoms with Crippen LogP contribution in [0.1, 0.15) is 19.3 Å². The monoisotopic (exact) mass is 270 g/mol. The van der Waals surface area contributed by atoms with E-state index in [1.807, 2.05) is 0 Å². The van der Waals surface area contributed by atoms with Crippen LogP contribution in [-0.2, 0) is 10.0 Å². The van der Waals surface area contributed by atoms with Crippen LogP contribution in [0.4, 0.5) is 0 Å². The molecule has 1 aromatic rings. The molecule has 1 aliphatic carbocycles. The van der Waals surface area contributed by atoms with Gasteiger partial charge in [-0.3, -0.25) is 4.98 Å². The van der Waals surface area contributed by atoms with E-state index in [1.165, 1.54) is 16.6 Å². The average molecular weight is 270 g/mol. The lowest BCUT2D eigenvalue weighted by Gasteiger charge is -2.42. The summed E-state index contributed by atoms with van der Waals surface area (Å²) >= 11 is 0. The van der Waals surface area contributed by atoms with E-state index in [2.05, 4.69) is 4.98 Å². The summed E-state index contributed by atoms with van der Waals surface area (Å²) in [6.07, 6.45) is 5.71. The van der Waals surface area contributed by atoms with Crippen molar-refractivity contribution in [2.45, 2.75) is 24.2 Å². The first kappa shape index (κ1) is 13.5. The van der Waals surface area contributed by atoms with Crippen molar-refractivity contribution in [3.63, 3.8) is 0 Å². The summed E-state index contributed by atoms with van der Waals surface area (Å²) < 4.78 is 25.9. The zero-order chi connectivity index (χ0) is 13.2. The summed E-state index contributed by atoms with van der Waals surface area (Å²) in [6.45, 7) is 0.403. The minimum atomic E-state index is -3.50. The van der Waals surface area contributed by atoms with Crippen molar-refractivity contribution in [3.05, 3.63) is 24.5 Å². The third kappa shape index (κ3) is 2.41. The van der Waals surface area contributed by atoms with Crippen molar-refractivity contribution in [3.8, 4) is 0 Å². The Labute approximate surface area is 108 Å². The summed E-state index contributed by atoms with van der Waals surface area (Å²) in [5, 5.41) is 9.39. The third-order valence-electron chi connectivity index (χ3n) is 3.65. The van der Waals surface area contributed by atoms with Crippen molar-refractivity contribution in [2.75, 3.05) is 20.2 Å². The van der Waals surface area contributed by atoms with E-state index in [1.54, 1.807) is 19.3 Å². The smallest absolute Gasteiger partial charge is 0.244 e. The van der Waals surface area contributed by atoms with Crippen LogP contribution < -0.4 is 0 Å². The minimum absolute atomic E-state index is 0.0416. The molecule has 1 aromatic heterocycles. The molecular formula is C12H18N2O3S. The summed E-state index contributed by atoms with van der Waals surface area (Å²) in [7, 11) is -1.95. The predicted octanol–water partition coefficient (Wildman–Crippen LogP) is 0.865. The summed E-state index contributed by atoms with van der Waals surface area (Å²) in [6, 6.07) is 3.14. The van der Waals surface area contributed by atoms with Gasteiger partial charge < -0.3 is 5.11 Å². The van der Waals surface area contributed by atoms with Crippen molar-refractivity contribution in [2.24, 2.45) is 5.41 Å². The SMILES string of the molecule is CN(CC1(CO)CCC1)S(=O)(=O)c1cccnc1. The first-order valence-electron chi connectivity index (χ1n) is 5.97. The van der Waals surface area contributed by atoms with Crippen molar-refractivity contribution < 1.29 is 13.5 Å². The molecule has 0 radical (unpaired) electrons. The van der Waals surface area contributed by atoms with E-state index >= 15 is 0 Å². The van der Waals surface area contributed by atoms with Gasteiger partial charge in [0.2, 0.25) is 10.0 Å². The number of rotatable bonds is 5. The Kier molecular flexibility index (Phi) is 3.70. The molecule has 1 fully saturated rings. The molecule has 1 saturated carbocycles. The van der Waals surface area contributed by atoms with Gasteiger partial charge in [0.1, 0.15) is 4.90 Å². The maximum absolute atomic E-state index is 12.3. The van der Waals surface area contributed by atoms with Gasteiger partial charge in [0.05, 0.1) is 0 Å². The standard InChI is InChI=1S/C12H18N2O3S/c1-14(9-12(10-15)5-3-6-12)18(16,17)11-4-2-7-13-8-11/h2,4,7-8,15H,3,5-6,9-10H2,1H3. The number of aliphatic hydroxyl groups is 1. The minimum Gasteiger partial charge on any atom is -0.396 e. The Hall–Kier alpha value is -0.980. The quantitative estimate of drug-likeness (QED) is 0.861. The molecule has 5 nitrogen and oxygen atoms in total. The van der Waals surface area contributed by atoms with Gasteiger partial charge in [-0.1, -0.05) is 6.42 Å². The fraction of sp³-hybridized carbons (Fsp3) is 0.583.